The molecule has 2 saturated heterocycles. The van der Waals surface area contributed by atoms with E-state index in [1.807, 2.05) is 13.8 Å². The van der Waals surface area contributed by atoms with E-state index in [0.717, 1.165) is 6.54 Å². The number of hydrogen-bond donors (Lipinski definition) is 1. The molecule has 98 valence electrons. The molecule has 4 nitrogen and oxygen atoms in total. The molecule has 17 heavy (non-hydrogen) atoms. The normalized spacial score (nSPS) is 30.2. The molecule has 0 saturated carbocycles. The van der Waals surface area contributed by atoms with Crippen LogP contribution in [-0.2, 0) is 9.53 Å². The summed E-state index contributed by atoms with van der Waals surface area (Å²) < 4.78 is 5.02. The van der Waals surface area contributed by atoms with Gasteiger partial charge in [-0.25, -0.2) is 0 Å². The van der Waals surface area contributed by atoms with E-state index in [0.29, 0.717) is 18.7 Å². The lowest BCUT2D eigenvalue weighted by atomic mass is 10.1. The average Bonchev–Trinajstić information content (AvgIpc) is 2.89. The van der Waals surface area contributed by atoms with Crippen molar-refractivity contribution in [1.29, 1.82) is 0 Å². The number of esters is 1. The maximum Gasteiger partial charge on any atom is 0.309 e. The highest BCUT2D eigenvalue weighted by atomic mass is 16.5. The second kappa shape index (κ2) is 5.83. The standard InChI is InChI=1S/C13H24N2O2/c1-3-17-13(16)10(2)9-14-11-6-8-15-7-4-5-12(11)15/h10-12,14H,3-9H2,1-2H3. The molecule has 0 aromatic heterocycles. The van der Waals surface area contributed by atoms with Crippen LogP contribution in [0.15, 0.2) is 0 Å². The fraction of sp³-hybridized carbons (Fsp3) is 0.923. The van der Waals surface area contributed by atoms with Crippen molar-refractivity contribution >= 4 is 5.97 Å². The quantitative estimate of drug-likeness (QED) is 0.728. The third-order valence-electron chi connectivity index (χ3n) is 3.98. The third-order valence-corrected chi connectivity index (χ3v) is 3.98. The number of nitrogens with zero attached hydrogens (tertiary/aromatic N) is 1. The Labute approximate surface area is 104 Å². The van der Waals surface area contributed by atoms with Gasteiger partial charge in [0.15, 0.2) is 0 Å². The summed E-state index contributed by atoms with van der Waals surface area (Å²) in [5.41, 5.74) is 0. The van der Waals surface area contributed by atoms with Gasteiger partial charge >= 0.3 is 5.97 Å². The predicted molar refractivity (Wildman–Crippen MR) is 66.8 cm³/mol. The van der Waals surface area contributed by atoms with Crippen molar-refractivity contribution in [2.24, 2.45) is 5.92 Å². The van der Waals surface area contributed by atoms with Crippen LogP contribution in [-0.4, -0.2) is 49.2 Å². The summed E-state index contributed by atoms with van der Waals surface area (Å²) in [7, 11) is 0. The lowest BCUT2D eigenvalue weighted by Crippen LogP contribution is -2.42. The lowest BCUT2D eigenvalue weighted by molar-refractivity contribution is -0.147. The van der Waals surface area contributed by atoms with Crippen LogP contribution in [0.3, 0.4) is 0 Å². The van der Waals surface area contributed by atoms with Crippen molar-refractivity contribution in [2.75, 3.05) is 26.2 Å². The zero-order valence-corrected chi connectivity index (χ0v) is 10.9. The molecule has 0 aromatic rings. The van der Waals surface area contributed by atoms with Gasteiger partial charge in [-0.2, -0.15) is 0 Å². The largest absolute Gasteiger partial charge is 0.466 e. The van der Waals surface area contributed by atoms with Crippen molar-refractivity contribution in [2.45, 2.75) is 45.2 Å². The van der Waals surface area contributed by atoms with Gasteiger partial charge in [0.25, 0.3) is 0 Å². The molecule has 4 heteroatoms. The molecule has 2 heterocycles. The Bertz CT molecular complexity index is 270. The molecule has 0 bridgehead atoms. The summed E-state index contributed by atoms with van der Waals surface area (Å²) in [5, 5.41) is 3.55. The van der Waals surface area contributed by atoms with Crippen molar-refractivity contribution in [3.63, 3.8) is 0 Å². The van der Waals surface area contributed by atoms with Gasteiger partial charge in [-0.15, -0.1) is 0 Å². The second-order valence-corrected chi connectivity index (χ2v) is 5.20. The van der Waals surface area contributed by atoms with Crippen LogP contribution in [0.4, 0.5) is 0 Å². The van der Waals surface area contributed by atoms with Crippen molar-refractivity contribution in [1.82, 2.24) is 10.2 Å². The number of carbonyl (C=O) groups excluding carboxylic acids is 1. The summed E-state index contributed by atoms with van der Waals surface area (Å²) in [6.07, 6.45) is 3.86. The molecule has 3 unspecified atom stereocenters. The SMILES string of the molecule is CCOC(=O)C(C)CNC1CCN2CCCC12. The smallest absolute Gasteiger partial charge is 0.309 e. The maximum absolute atomic E-state index is 11.5. The molecule has 3 atom stereocenters. The summed E-state index contributed by atoms with van der Waals surface area (Å²) in [6, 6.07) is 1.29. The van der Waals surface area contributed by atoms with Crippen molar-refractivity contribution in [3.05, 3.63) is 0 Å². The van der Waals surface area contributed by atoms with Gasteiger partial charge in [0.1, 0.15) is 0 Å². The predicted octanol–water partition coefficient (Wildman–Crippen LogP) is 1.01. The number of rotatable bonds is 5. The Morgan fingerprint density at radius 3 is 3.06 bits per heavy atom. The van der Waals surface area contributed by atoms with Crippen molar-refractivity contribution < 1.29 is 9.53 Å². The first-order chi connectivity index (χ1) is 8.22. The zero-order valence-electron chi connectivity index (χ0n) is 10.9. The van der Waals surface area contributed by atoms with Gasteiger partial charge < -0.3 is 10.1 Å². The van der Waals surface area contributed by atoms with Crippen LogP contribution in [0, 0.1) is 5.92 Å². The molecule has 0 radical (unpaired) electrons. The fourth-order valence-corrected chi connectivity index (χ4v) is 3.02. The highest BCUT2D eigenvalue weighted by molar-refractivity contribution is 5.72. The first-order valence-electron chi connectivity index (χ1n) is 6.86. The maximum atomic E-state index is 11.5. The van der Waals surface area contributed by atoms with Gasteiger partial charge in [-0.05, 0) is 32.7 Å². The fourth-order valence-electron chi connectivity index (χ4n) is 3.02. The number of fused-ring (bicyclic) bond motifs is 1. The molecule has 0 amide bonds. The van der Waals surface area contributed by atoms with Crippen LogP contribution < -0.4 is 5.32 Å². The minimum absolute atomic E-state index is 0.0367. The molecule has 0 aromatic carbocycles. The highest BCUT2D eigenvalue weighted by Gasteiger charge is 2.36. The topological polar surface area (TPSA) is 41.6 Å². The Morgan fingerprint density at radius 1 is 1.47 bits per heavy atom. The Kier molecular flexibility index (Phi) is 4.40. The molecule has 1 N–H and O–H groups in total. The first-order valence-corrected chi connectivity index (χ1v) is 6.86. The summed E-state index contributed by atoms with van der Waals surface area (Å²) in [6.45, 7) is 7.49. The number of carbonyl (C=O) groups is 1. The molecule has 2 fully saturated rings. The molecular formula is C13H24N2O2. The number of ether oxygens (including phenoxy) is 1. The van der Waals surface area contributed by atoms with E-state index in [-0.39, 0.29) is 11.9 Å². The zero-order chi connectivity index (χ0) is 12.3. The summed E-state index contributed by atoms with van der Waals surface area (Å²) >= 11 is 0. The minimum Gasteiger partial charge on any atom is -0.466 e. The van der Waals surface area contributed by atoms with Gasteiger partial charge in [-0.3, -0.25) is 9.69 Å². The van der Waals surface area contributed by atoms with E-state index in [2.05, 4.69) is 10.2 Å². The van der Waals surface area contributed by atoms with Gasteiger partial charge in [0.05, 0.1) is 12.5 Å². The molecule has 2 aliphatic rings. The highest BCUT2D eigenvalue weighted by Crippen LogP contribution is 2.27. The van der Waals surface area contributed by atoms with Crippen molar-refractivity contribution in [3.8, 4) is 0 Å². The Morgan fingerprint density at radius 2 is 2.29 bits per heavy atom. The third kappa shape index (κ3) is 2.99. The van der Waals surface area contributed by atoms with Crippen LogP contribution in [0.5, 0.6) is 0 Å². The molecule has 0 aliphatic carbocycles. The molecular weight excluding hydrogens is 216 g/mol. The van der Waals surface area contributed by atoms with E-state index in [1.165, 1.54) is 32.4 Å². The van der Waals surface area contributed by atoms with Gasteiger partial charge in [0.2, 0.25) is 0 Å². The van der Waals surface area contributed by atoms with Crippen LogP contribution >= 0.6 is 0 Å². The van der Waals surface area contributed by atoms with Crippen LogP contribution in [0.25, 0.3) is 0 Å². The van der Waals surface area contributed by atoms with E-state index < -0.39 is 0 Å². The van der Waals surface area contributed by atoms with Crippen LogP contribution in [0.2, 0.25) is 0 Å². The first kappa shape index (κ1) is 12.8. The van der Waals surface area contributed by atoms with Gasteiger partial charge in [0, 0.05) is 25.2 Å². The van der Waals surface area contributed by atoms with Crippen LogP contribution in [0.1, 0.15) is 33.1 Å². The Hall–Kier alpha value is -0.610. The molecule has 0 spiro atoms. The Balaban J connectivity index is 1.73. The van der Waals surface area contributed by atoms with E-state index in [4.69, 9.17) is 4.74 Å². The lowest BCUT2D eigenvalue weighted by Gasteiger charge is -2.22. The molecule has 2 rings (SSSR count). The average molecular weight is 240 g/mol. The summed E-state index contributed by atoms with van der Waals surface area (Å²) in [5.74, 6) is -0.119. The minimum atomic E-state index is -0.0822. The number of hydrogen-bond acceptors (Lipinski definition) is 4. The number of nitrogens with one attached hydrogen (secondary N) is 1. The van der Waals surface area contributed by atoms with E-state index >= 15 is 0 Å². The van der Waals surface area contributed by atoms with E-state index in [1.54, 1.807) is 0 Å². The second-order valence-electron chi connectivity index (χ2n) is 5.20. The summed E-state index contributed by atoms with van der Waals surface area (Å²) in [4.78, 5) is 14.1. The monoisotopic (exact) mass is 240 g/mol. The van der Waals surface area contributed by atoms with Gasteiger partial charge in [-0.1, -0.05) is 6.92 Å². The molecule has 2 aliphatic heterocycles. The van der Waals surface area contributed by atoms with E-state index in [9.17, 15) is 4.79 Å².